The molecule has 0 saturated heterocycles. The Labute approximate surface area is 44.9 Å². The second-order valence-electron chi connectivity index (χ2n) is 0.940. The van der Waals surface area contributed by atoms with Crippen LogP contribution in [0.3, 0.4) is 0 Å². The summed E-state index contributed by atoms with van der Waals surface area (Å²) >= 11 is 2.68. The van der Waals surface area contributed by atoms with Crippen molar-refractivity contribution in [2.24, 2.45) is 0 Å². The lowest BCUT2D eigenvalue weighted by Gasteiger charge is -2.01. The zero-order valence-electron chi connectivity index (χ0n) is 3.13. The third-order valence-corrected chi connectivity index (χ3v) is 0.928. The fraction of sp³-hybridized carbons (Fsp3) is 0.667. The molecule has 3 heteroatoms. The van der Waals surface area contributed by atoms with Crippen molar-refractivity contribution in [2.45, 2.75) is 11.1 Å². The second-order valence-corrected chi connectivity index (χ2v) is 1.88. The van der Waals surface area contributed by atoms with Gasteiger partial charge in [-0.1, -0.05) is 15.9 Å². The summed E-state index contributed by atoms with van der Waals surface area (Å²) in [6, 6.07) is 0. The molecule has 0 fully saturated rings. The third kappa shape index (κ3) is 2.63. The molecule has 2 nitrogen and oxygen atoms in total. The number of aliphatic hydroxyl groups excluding tert-OH is 2. The van der Waals surface area contributed by atoms with Crippen molar-refractivity contribution in [2.75, 3.05) is 0 Å². The molecule has 0 bridgehead atoms. The summed E-state index contributed by atoms with van der Waals surface area (Å²) in [5.41, 5.74) is 0. The molecule has 0 aromatic rings. The van der Waals surface area contributed by atoms with Gasteiger partial charge in [0, 0.05) is 0 Å². The summed E-state index contributed by atoms with van der Waals surface area (Å²) < 4.78 is 0. The number of rotatable bonds is 1. The average Bonchev–Trinajstić information content (AvgIpc) is 1.36. The first-order valence-electron chi connectivity index (χ1n) is 1.48. The van der Waals surface area contributed by atoms with Crippen molar-refractivity contribution < 1.29 is 10.2 Å². The predicted octanol–water partition coefficient (Wildman–Crippen LogP) is -0.105. The lowest BCUT2D eigenvalue weighted by Crippen LogP contribution is -2.14. The molecule has 0 aliphatic carbocycles. The van der Waals surface area contributed by atoms with Crippen LogP contribution >= 0.6 is 15.9 Å². The summed E-state index contributed by atoms with van der Waals surface area (Å²) in [5, 5.41) is 15.6. The molecule has 0 aliphatic rings. The van der Waals surface area contributed by atoms with E-state index in [1.165, 1.54) is 0 Å². The normalized spacial score (nSPS) is 20.0. The van der Waals surface area contributed by atoms with E-state index in [0.29, 0.717) is 0 Å². The van der Waals surface area contributed by atoms with Gasteiger partial charge in [0.15, 0.2) is 0 Å². The van der Waals surface area contributed by atoms with Crippen LogP contribution in [0.15, 0.2) is 0 Å². The van der Waals surface area contributed by atoms with Crippen LogP contribution in [0.1, 0.15) is 0 Å². The first-order chi connectivity index (χ1) is 2.64. The smallest absolute Gasteiger partial charge is 0.134 e. The molecule has 0 amide bonds. The maximum atomic E-state index is 8.23. The molecule has 0 aliphatic heterocycles. The van der Waals surface area contributed by atoms with E-state index in [0.717, 1.165) is 0 Å². The number of aliphatic hydroxyl groups is 2. The molecule has 0 heterocycles. The molecule has 6 heavy (non-hydrogen) atoms. The Balaban J connectivity index is 2.99. The van der Waals surface area contributed by atoms with Crippen LogP contribution in [0, 0.1) is 6.92 Å². The minimum atomic E-state index is -0.926. The van der Waals surface area contributed by atoms with E-state index in [9.17, 15) is 0 Å². The van der Waals surface area contributed by atoms with E-state index >= 15 is 0 Å². The standard InChI is InChI=1S/C3H6BrO2/c1-2(5)3(4)6/h2-3,5-6H,1H2. The molecule has 0 saturated carbocycles. The van der Waals surface area contributed by atoms with Gasteiger partial charge >= 0.3 is 0 Å². The Morgan fingerprint density at radius 1 is 1.50 bits per heavy atom. The largest absolute Gasteiger partial charge is 0.390 e. The molecule has 1 radical (unpaired) electrons. The molecule has 2 unspecified atom stereocenters. The van der Waals surface area contributed by atoms with Gasteiger partial charge in [0.05, 0.1) is 6.10 Å². The van der Waals surface area contributed by atoms with Gasteiger partial charge in [-0.2, -0.15) is 0 Å². The second kappa shape index (κ2) is 2.55. The predicted molar refractivity (Wildman–Crippen MR) is 26.3 cm³/mol. The molecule has 0 rings (SSSR count). The van der Waals surface area contributed by atoms with Crippen LogP contribution < -0.4 is 0 Å². The maximum absolute atomic E-state index is 8.23. The van der Waals surface area contributed by atoms with E-state index in [-0.39, 0.29) is 0 Å². The SMILES string of the molecule is [CH2]C(O)C(O)Br. The maximum Gasteiger partial charge on any atom is 0.134 e. The highest BCUT2D eigenvalue weighted by atomic mass is 79.9. The summed E-state index contributed by atoms with van der Waals surface area (Å²) in [6.07, 6.45) is -0.926. The zero-order valence-corrected chi connectivity index (χ0v) is 4.72. The first-order valence-corrected chi connectivity index (χ1v) is 2.39. The van der Waals surface area contributed by atoms with Crippen molar-refractivity contribution in [3.8, 4) is 0 Å². The Morgan fingerprint density at radius 3 is 1.67 bits per heavy atom. The molecule has 0 aromatic heterocycles. The summed E-state index contributed by atoms with van der Waals surface area (Å²) in [4.78, 5) is 0. The van der Waals surface area contributed by atoms with Crippen LogP contribution in [-0.2, 0) is 0 Å². The highest BCUT2D eigenvalue weighted by molar-refractivity contribution is 9.09. The van der Waals surface area contributed by atoms with Crippen molar-refractivity contribution >= 4 is 15.9 Å². The van der Waals surface area contributed by atoms with Crippen LogP contribution in [0.5, 0.6) is 0 Å². The van der Waals surface area contributed by atoms with Gasteiger partial charge < -0.3 is 10.2 Å². The molecule has 2 N–H and O–H groups in total. The van der Waals surface area contributed by atoms with Crippen LogP contribution in [-0.4, -0.2) is 21.3 Å². The number of halogens is 1. The summed E-state index contributed by atoms with van der Waals surface area (Å²) in [7, 11) is 0. The molecule has 2 atom stereocenters. The fourth-order valence-electron chi connectivity index (χ4n) is 0. The minimum Gasteiger partial charge on any atom is -0.390 e. The van der Waals surface area contributed by atoms with Gasteiger partial charge in [-0.05, 0) is 6.92 Å². The van der Waals surface area contributed by atoms with Crippen molar-refractivity contribution in [1.82, 2.24) is 0 Å². The van der Waals surface area contributed by atoms with Gasteiger partial charge in [0.1, 0.15) is 5.01 Å². The highest BCUT2D eigenvalue weighted by Crippen LogP contribution is 1.97. The van der Waals surface area contributed by atoms with E-state index in [1.807, 2.05) is 0 Å². The Bertz CT molecular complexity index is 29.8. The molecular weight excluding hydrogens is 148 g/mol. The van der Waals surface area contributed by atoms with Crippen molar-refractivity contribution in [3.05, 3.63) is 6.92 Å². The first kappa shape index (κ1) is 6.40. The minimum absolute atomic E-state index is 0.891. The Kier molecular flexibility index (Phi) is 2.72. The summed E-state index contributed by atoms with van der Waals surface area (Å²) in [5.74, 6) is 0. The molecular formula is C3H6BrO2. The van der Waals surface area contributed by atoms with Crippen LogP contribution in [0.4, 0.5) is 0 Å². The van der Waals surface area contributed by atoms with E-state index < -0.39 is 11.1 Å². The summed E-state index contributed by atoms with van der Waals surface area (Å²) in [6.45, 7) is 3.10. The monoisotopic (exact) mass is 153 g/mol. The molecule has 0 aromatic carbocycles. The Morgan fingerprint density at radius 2 is 1.67 bits per heavy atom. The highest BCUT2D eigenvalue weighted by Gasteiger charge is 2.02. The Hall–Kier alpha value is 0.400. The van der Waals surface area contributed by atoms with Crippen LogP contribution in [0.2, 0.25) is 0 Å². The van der Waals surface area contributed by atoms with Crippen molar-refractivity contribution in [1.29, 1.82) is 0 Å². The fourth-order valence-corrected chi connectivity index (χ4v) is 0. The van der Waals surface area contributed by atoms with Gasteiger partial charge in [0.2, 0.25) is 0 Å². The van der Waals surface area contributed by atoms with Crippen LogP contribution in [0.25, 0.3) is 0 Å². The molecule has 37 valence electrons. The van der Waals surface area contributed by atoms with E-state index in [2.05, 4.69) is 22.9 Å². The number of hydrogen-bond donors (Lipinski definition) is 2. The average molecular weight is 154 g/mol. The van der Waals surface area contributed by atoms with Gasteiger partial charge in [0.25, 0.3) is 0 Å². The quantitative estimate of drug-likeness (QED) is 0.517. The number of alkyl halides is 1. The molecule has 0 spiro atoms. The lowest BCUT2D eigenvalue weighted by atomic mass is 10.5. The van der Waals surface area contributed by atoms with Gasteiger partial charge in [-0.3, -0.25) is 0 Å². The zero-order chi connectivity index (χ0) is 5.15. The number of hydrogen-bond acceptors (Lipinski definition) is 2. The lowest BCUT2D eigenvalue weighted by molar-refractivity contribution is 0.110. The van der Waals surface area contributed by atoms with E-state index in [4.69, 9.17) is 10.2 Å². The van der Waals surface area contributed by atoms with Gasteiger partial charge in [-0.25, -0.2) is 0 Å². The van der Waals surface area contributed by atoms with Crippen molar-refractivity contribution in [3.63, 3.8) is 0 Å². The van der Waals surface area contributed by atoms with E-state index in [1.54, 1.807) is 0 Å². The van der Waals surface area contributed by atoms with Gasteiger partial charge in [-0.15, -0.1) is 0 Å². The third-order valence-electron chi connectivity index (χ3n) is 0.318. The topological polar surface area (TPSA) is 40.5 Å².